The van der Waals surface area contributed by atoms with Gasteiger partial charge >= 0.3 is 0 Å². The Kier molecular flexibility index (Phi) is 7.37. The van der Waals surface area contributed by atoms with Crippen LogP contribution in [0.2, 0.25) is 4.34 Å². The van der Waals surface area contributed by atoms with Crippen molar-refractivity contribution >= 4 is 54.9 Å². The Balaban J connectivity index is 1.22. The number of nitrogens with zero attached hydrogens (tertiary/aromatic N) is 3. The fourth-order valence-electron chi connectivity index (χ4n) is 5.49. The molecule has 1 N–H and O–H groups in total. The van der Waals surface area contributed by atoms with Crippen molar-refractivity contribution in [2.24, 2.45) is 0 Å². The second kappa shape index (κ2) is 10.3. The van der Waals surface area contributed by atoms with Gasteiger partial charge in [-0.2, -0.15) is 4.72 Å². The number of hydrogen-bond acceptors (Lipinski definition) is 6. The molecular weight excluding hydrogens is 508 g/mol. The molecule has 11 heteroatoms. The maximum atomic E-state index is 13.2. The highest BCUT2D eigenvalue weighted by molar-refractivity contribution is 7.89. The van der Waals surface area contributed by atoms with E-state index in [1.54, 1.807) is 18.2 Å². The normalized spacial score (nSPS) is 24.1. The third kappa shape index (κ3) is 5.51. The van der Waals surface area contributed by atoms with E-state index in [9.17, 15) is 18.0 Å². The molecule has 2 amide bonds. The van der Waals surface area contributed by atoms with Crippen molar-refractivity contribution in [3.8, 4) is 0 Å². The van der Waals surface area contributed by atoms with Crippen LogP contribution in [-0.2, 0) is 19.6 Å². The molecule has 4 heterocycles. The van der Waals surface area contributed by atoms with Gasteiger partial charge in [-0.3, -0.25) is 9.59 Å². The van der Waals surface area contributed by atoms with Crippen LogP contribution in [-0.4, -0.2) is 86.3 Å². The van der Waals surface area contributed by atoms with Crippen LogP contribution in [0.5, 0.6) is 0 Å². The molecule has 35 heavy (non-hydrogen) atoms. The predicted octanol–water partition coefficient (Wildman–Crippen LogP) is 2.91. The van der Waals surface area contributed by atoms with Crippen LogP contribution in [0.25, 0.3) is 10.1 Å². The van der Waals surface area contributed by atoms with Gasteiger partial charge in [0.15, 0.2) is 0 Å². The Morgan fingerprint density at radius 1 is 1.06 bits per heavy atom. The van der Waals surface area contributed by atoms with Crippen molar-refractivity contribution in [2.45, 2.75) is 55.5 Å². The number of rotatable bonds is 7. The number of hydrogen-bond donors (Lipinski definition) is 1. The summed E-state index contributed by atoms with van der Waals surface area (Å²) in [6.45, 7) is 4.29. The fraction of sp³-hybridized carbons (Fsp3) is 0.583. The predicted molar refractivity (Wildman–Crippen MR) is 137 cm³/mol. The van der Waals surface area contributed by atoms with Gasteiger partial charge in [-0.05, 0) is 81.3 Å². The maximum Gasteiger partial charge on any atom is 0.242 e. The number of halogens is 1. The molecular formula is C24H31ClN4O4S2. The van der Waals surface area contributed by atoms with Gasteiger partial charge < -0.3 is 14.7 Å². The summed E-state index contributed by atoms with van der Waals surface area (Å²) < 4.78 is 30.2. The number of amides is 2. The standard InChI is InChI=1S/C24H31ClN4O4S2/c25-22-14-17-13-19(7-8-21(17)34-22)35(32,33)26-20-6-4-11-28(24(20)31)16-23(30)29-12-3-5-18(29)15-27-9-1-2-10-27/h7-8,13-14,18,20,26H,1-6,9-12,15-16H2/t18?,20-/m0/s1. The molecule has 3 saturated heterocycles. The van der Waals surface area contributed by atoms with Gasteiger partial charge in [0, 0.05) is 30.4 Å². The Bertz CT molecular complexity index is 1210. The van der Waals surface area contributed by atoms with Crippen molar-refractivity contribution in [1.29, 1.82) is 0 Å². The SMILES string of the molecule is O=C1[C@@H](NS(=O)(=O)c2ccc3sc(Cl)cc3c2)CCCN1CC(=O)N1CCCC1CN1CCCC1. The van der Waals surface area contributed by atoms with E-state index in [0.717, 1.165) is 49.1 Å². The van der Waals surface area contributed by atoms with Crippen LogP contribution in [0.3, 0.4) is 0 Å². The van der Waals surface area contributed by atoms with Gasteiger partial charge in [0.25, 0.3) is 0 Å². The first-order valence-electron chi connectivity index (χ1n) is 12.3. The molecule has 2 aromatic rings. The van der Waals surface area contributed by atoms with Gasteiger partial charge in [-0.25, -0.2) is 8.42 Å². The monoisotopic (exact) mass is 538 g/mol. The molecule has 3 fully saturated rings. The van der Waals surface area contributed by atoms with Crippen molar-refractivity contribution in [2.75, 3.05) is 39.3 Å². The van der Waals surface area contributed by atoms with Crippen LogP contribution < -0.4 is 4.72 Å². The lowest BCUT2D eigenvalue weighted by Gasteiger charge is -2.34. The summed E-state index contributed by atoms with van der Waals surface area (Å²) in [6, 6.07) is 5.89. The van der Waals surface area contributed by atoms with Crippen LogP contribution in [0, 0.1) is 0 Å². The van der Waals surface area contributed by atoms with Crippen molar-refractivity contribution in [3.63, 3.8) is 0 Å². The number of likely N-dealkylation sites (tertiary alicyclic amines) is 3. The molecule has 0 spiro atoms. The molecule has 8 nitrogen and oxygen atoms in total. The number of thiophene rings is 1. The van der Waals surface area contributed by atoms with Gasteiger partial charge in [-0.15, -0.1) is 11.3 Å². The third-order valence-corrected chi connectivity index (χ3v) is 10.0. The average molecular weight is 539 g/mol. The minimum atomic E-state index is -3.90. The van der Waals surface area contributed by atoms with Crippen LogP contribution in [0.4, 0.5) is 0 Å². The highest BCUT2D eigenvalue weighted by Crippen LogP contribution is 2.31. The molecule has 5 rings (SSSR count). The summed E-state index contributed by atoms with van der Waals surface area (Å²) in [6.07, 6.45) is 5.47. The van der Waals surface area contributed by atoms with Crippen molar-refractivity contribution < 1.29 is 18.0 Å². The van der Waals surface area contributed by atoms with Crippen LogP contribution >= 0.6 is 22.9 Å². The molecule has 1 aromatic carbocycles. The summed E-state index contributed by atoms with van der Waals surface area (Å²) in [5.74, 6) is -0.369. The second-order valence-corrected chi connectivity index (χ2v) is 13.1. The van der Waals surface area contributed by atoms with E-state index in [2.05, 4.69) is 9.62 Å². The summed E-state index contributed by atoms with van der Waals surface area (Å²) >= 11 is 7.43. The Hall–Kier alpha value is -1.72. The maximum absolute atomic E-state index is 13.2. The van der Waals surface area contributed by atoms with Gasteiger partial charge in [0.1, 0.15) is 6.04 Å². The van der Waals surface area contributed by atoms with E-state index in [-0.39, 0.29) is 29.3 Å². The Morgan fingerprint density at radius 3 is 2.63 bits per heavy atom. The molecule has 190 valence electrons. The number of sulfonamides is 1. The lowest BCUT2D eigenvalue weighted by Crippen LogP contribution is -2.55. The first-order chi connectivity index (χ1) is 16.8. The minimum Gasteiger partial charge on any atom is -0.337 e. The van der Waals surface area contributed by atoms with E-state index >= 15 is 0 Å². The van der Waals surface area contributed by atoms with Crippen molar-refractivity contribution in [1.82, 2.24) is 19.4 Å². The van der Waals surface area contributed by atoms with Gasteiger partial charge in [0.2, 0.25) is 21.8 Å². The van der Waals surface area contributed by atoms with E-state index < -0.39 is 16.1 Å². The summed E-state index contributed by atoms with van der Waals surface area (Å²) in [4.78, 5) is 32.3. The molecule has 1 aromatic heterocycles. The zero-order valence-electron chi connectivity index (χ0n) is 19.6. The first-order valence-corrected chi connectivity index (χ1v) is 15.0. The quantitative estimate of drug-likeness (QED) is 0.585. The van der Waals surface area contributed by atoms with Crippen LogP contribution in [0.1, 0.15) is 38.5 Å². The number of nitrogens with one attached hydrogen (secondary N) is 1. The Morgan fingerprint density at radius 2 is 1.83 bits per heavy atom. The summed E-state index contributed by atoms with van der Waals surface area (Å²) in [5.41, 5.74) is 0. The highest BCUT2D eigenvalue weighted by atomic mass is 35.5. The van der Waals surface area contributed by atoms with E-state index in [4.69, 9.17) is 11.6 Å². The first kappa shape index (κ1) is 25.0. The van der Waals surface area contributed by atoms with Crippen molar-refractivity contribution in [3.05, 3.63) is 28.6 Å². The second-order valence-electron chi connectivity index (χ2n) is 9.72. The summed E-state index contributed by atoms with van der Waals surface area (Å²) in [5, 5.41) is 0.749. The summed E-state index contributed by atoms with van der Waals surface area (Å²) in [7, 11) is -3.90. The lowest BCUT2D eigenvalue weighted by molar-refractivity contribution is -0.143. The topological polar surface area (TPSA) is 90.0 Å². The third-order valence-electron chi connectivity index (χ3n) is 7.29. The zero-order chi connectivity index (χ0) is 24.6. The largest absolute Gasteiger partial charge is 0.337 e. The number of carbonyl (C=O) groups excluding carboxylic acids is 2. The van der Waals surface area contributed by atoms with Crippen LogP contribution in [0.15, 0.2) is 29.2 Å². The van der Waals surface area contributed by atoms with E-state index in [1.165, 1.54) is 35.1 Å². The molecule has 0 bridgehead atoms. The molecule has 0 saturated carbocycles. The van der Waals surface area contributed by atoms with Gasteiger partial charge in [-0.1, -0.05) is 11.6 Å². The number of piperidine rings is 1. The van der Waals surface area contributed by atoms with E-state index in [0.29, 0.717) is 23.7 Å². The Labute approximate surface area is 215 Å². The van der Waals surface area contributed by atoms with E-state index in [1.807, 2.05) is 4.90 Å². The molecule has 1 unspecified atom stereocenters. The zero-order valence-corrected chi connectivity index (χ0v) is 22.0. The van der Waals surface area contributed by atoms with Gasteiger partial charge in [0.05, 0.1) is 15.8 Å². The molecule has 3 aliphatic rings. The lowest BCUT2D eigenvalue weighted by atomic mass is 10.1. The average Bonchev–Trinajstić information content (AvgIpc) is 3.56. The highest BCUT2D eigenvalue weighted by Gasteiger charge is 2.36. The smallest absolute Gasteiger partial charge is 0.242 e. The minimum absolute atomic E-state index is 0.00687. The molecule has 0 aliphatic carbocycles. The molecule has 0 radical (unpaired) electrons. The fourth-order valence-corrected chi connectivity index (χ4v) is 7.88. The number of benzene rings is 1. The number of carbonyl (C=O) groups is 2. The molecule has 2 atom stereocenters. The molecule has 3 aliphatic heterocycles. The number of fused-ring (bicyclic) bond motifs is 1.